The predicted octanol–water partition coefficient (Wildman–Crippen LogP) is 3.28. The van der Waals surface area contributed by atoms with Gasteiger partial charge in [-0.25, -0.2) is 4.79 Å². The second-order valence-corrected chi connectivity index (χ2v) is 11.1. The lowest BCUT2D eigenvalue weighted by atomic mass is 9.85. The van der Waals surface area contributed by atoms with Crippen molar-refractivity contribution in [2.24, 2.45) is 5.73 Å². The van der Waals surface area contributed by atoms with E-state index in [2.05, 4.69) is 67.9 Å². The summed E-state index contributed by atoms with van der Waals surface area (Å²) in [5, 5.41) is 12.3. The highest BCUT2D eigenvalue weighted by atomic mass is 32.2. The van der Waals surface area contributed by atoms with E-state index in [1.54, 1.807) is 11.8 Å². The molecule has 33 heavy (non-hydrogen) atoms. The molecule has 6 nitrogen and oxygen atoms in total. The SMILES string of the molecule is CSCC[C@H](NC(=O)[C@@H]1C[C@H](c2ccc(C(C)(C)C)cc2)CN1C/C=C/[C@@H](N)CS)C(=O)O. The van der Waals surface area contributed by atoms with E-state index in [4.69, 9.17) is 5.73 Å². The first kappa shape index (κ1) is 27.8. The minimum absolute atomic E-state index is 0.0852. The number of carbonyl (C=O) groups is 2. The largest absolute Gasteiger partial charge is 0.480 e. The Morgan fingerprint density at radius 1 is 1.33 bits per heavy atom. The van der Waals surface area contributed by atoms with Gasteiger partial charge < -0.3 is 16.2 Å². The molecule has 4 atom stereocenters. The summed E-state index contributed by atoms with van der Waals surface area (Å²) in [6.07, 6.45) is 6.88. The maximum absolute atomic E-state index is 13.2. The number of nitrogens with zero attached hydrogens (tertiary/aromatic N) is 1. The van der Waals surface area contributed by atoms with Gasteiger partial charge in [0, 0.05) is 24.9 Å². The molecule has 0 aromatic heterocycles. The summed E-state index contributed by atoms with van der Waals surface area (Å²) in [7, 11) is 0. The first-order chi connectivity index (χ1) is 15.6. The molecule has 4 N–H and O–H groups in total. The molecule has 0 radical (unpaired) electrons. The molecule has 1 saturated heterocycles. The summed E-state index contributed by atoms with van der Waals surface area (Å²) in [4.78, 5) is 26.9. The lowest BCUT2D eigenvalue weighted by Crippen LogP contribution is -2.49. The molecule has 0 bridgehead atoms. The molecule has 1 aliphatic heterocycles. The van der Waals surface area contributed by atoms with Crippen LogP contribution >= 0.6 is 24.4 Å². The number of hydrogen-bond donors (Lipinski definition) is 4. The second kappa shape index (κ2) is 12.8. The third-order valence-corrected chi connectivity index (χ3v) is 7.18. The maximum atomic E-state index is 13.2. The van der Waals surface area contributed by atoms with Crippen molar-refractivity contribution in [1.82, 2.24) is 10.2 Å². The van der Waals surface area contributed by atoms with Crippen molar-refractivity contribution in [3.8, 4) is 0 Å². The Morgan fingerprint density at radius 2 is 2.00 bits per heavy atom. The van der Waals surface area contributed by atoms with Gasteiger partial charge in [0.25, 0.3) is 0 Å². The second-order valence-electron chi connectivity index (χ2n) is 9.73. The molecule has 1 amide bonds. The minimum Gasteiger partial charge on any atom is -0.480 e. The number of carboxylic acid groups (broad SMARTS) is 1. The number of hydrogen-bond acceptors (Lipinski definition) is 6. The van der Waals surface area contributed by atoms with Gasteiger partial charge in [-0.05, 0) is 47.3 Å². The Labute approximate surface area is 208 Å². The van der Waals surface area contributed by atoms with E-state index in [0.717, 1.165) is 6.54 Å². The highest BCUT2D eigenvalue weighted by Crippen LogP contribution is 2.33. The van der Waals surface area contributed by atoms with Crippen molar-refractivity contribution in [3.63, 3.8) is 0 Å². The molecule has 1 aliphatic rings. The fourth-order valence-corrected chi connectivity index (χ4v) is 4.66. The third-order valence-electron chi connectivity index (χ3n) is 6.11. The molecule has 0 spiro atoms. The van der Waals surface area contributed by atoms with Gasteiger partial charge in [-0.3, -0.25) is 9.69 Å². The number of thioether (sulfide) groups is 1. The van der Waals surface area contributed by atoms with Crippen LogP contribution in [0.5, 0.6) is 0 Å². The summed E-state index contributed by atoms with van der Waals surface area (Å²) in [5.41, 5.74) is 8.50. The zero-order valence-electron chi connectivity index (χ0n) is 20.2. The Bertz CT molecular complexity index is 808. The van der Waals surface area contributed by atoms with Crippen LogP contribution in [0.25, 0.3) is 0 Å². The molecule has 8 heteroatoms. The number of benzene rings is 1. The van der Waals surface area contributed by atoms with E-state index in [-0.39, 0.29) is 29.3 Å². The quantitative estimate of drug-likeness (QED) is 0.279. The normalized spacial score (nSPS) is 21.3. The van der Waals surface area contributed by atoms with Crippen LogP contribution in [-0.4, -0.2) is 70.9 Å². The van der Waals surface area contributed by atoms with Crippen LogP contribution in [0.1, 0.15) is 50.7 Å². The van der Waals surface area contributed by atoms with Crippen LogP contribution < -0.4 is 11.1 Å². The van der Waals surface area contributed by atoms with Gasteiger partial charge in [0.15, 0.2) is 0 Å². The van der Waals surface area contributed by atoms with Crippen molar-refractivity contribution in [1.29, 1.82) is 0 Å². The fourth-order valence-electron chi connectivity index (χ4n) is 4.07. The average molecular weight is 494 g/mol. The number of nitrogens with two attached hydrogens (primary N) is 1. The first-order valence-corrected chi connectivity index (χ1v) is 13.5. The van der Waals surface area contributed by atoms with Crippen LogP contribution in [0.15, 0.2) is 36.4 Å². The standard InChI is InChI=1S/C25H39N3O3S2/c1-25(2,3)19-9-7-17(8-10-19)18-14-22(28(15-18)12-5-6-20(26)16-32)23(29)27-21(24(30)31)11-13-33-4/h5-10,18,20-22,32H,11-16,26H2,1-4H3,(H,27,29)(H,30,31)/b6-5+/t18-,20+,21-,22-/m0/s1. The summed E-state index contributed by atoms with van der Waals surface area (Å²) < 4.78 is 0. The Morgan fingerprint density at radius 3 is 2.55 bits per heavy atom. The van der Waals surface area contributed by atoms with Gasteiger partial charge in [-0.1, -0.05) is 57.2 Å². The number of amides is 1. The lowest BCUT2D eigenvalue weighted by Gasteiger charge is -2.24. The number of thiol groups is 1. The molecule has 0 unspecified atom stereocenters. The van der Waals surface area contributed by atoms with E-state index in [0.29, 0.717) is 30.9 Å². The van der Waals surface area contributed by atoms with Crippen molar-refractivity contribution < 1.29 is 14.7 Å². The molecule has 1 aromatic carbocycles. The Hall–Kier alpha value is -1.48. The molecule has 1 fully saturated rings. The number of aliphatic carboxylic acids is 1. The summed E-state index contributed by atoms with van der Waals surface area (Å²) in [6.45, 7) is 7.89. The van der Waals surface area contributed by atoms with E-state index in [9.17, 15) is 14.7 Å². The molecule has 0 aliphatic carbocycles. The Balaban J connectivity index is 2.18. The number of carboxylic acids is 1. The molecular weight excluding hydrogens is 454 g/mol. The van der Waals surface area contributed by atoms with Gasteiger partial charge in [-0.15, -0.1) is 0 Å². The summed E-state index contributed by atoms with van der Waals surface area (Å²) in [6, 6.07) is 7.27. The first-order valence-electron chi connectivity index (χ1n) is 11.5. The number of likely N-dealkylation sites (tertiary alicyclic amines) is 1. The zero-order chi connectivity index (χ0) is 24.6. The molecule has 2 rings (SSSR count). The monoisotopic (exact) mass is 493 g/mol. The number of nitrogens with one attached hydrogen (secondary N) is 1. The van der Waals surface area contributed by atoms with Gasteiger partial charge in [0.1, 0.15) is 6.04 Å². The zero-order valence-corrected chi connectivity index (χ0v) is 21.9. The fraction of sp³-hybridized carbons (Fsp3) is 0.600. The van der Waals surface area contributed by atoms with Gasteiger partial charge in [-0.2, -0.15) is 24.4 Å². The highest BCUT2D eigenvalue weighted by molar-refractivity contribution is 7.98. The molecule has 184 valence electrons. The van der Waals surface area contributed by atoms with E-state index < -0.39 is 12.0 Å². The Kier molecular flexibility index (Phi) is 10.8. The molecular formula is C25H39N3O3S2. The van der Waals surface area contributed by atoms with E-state index in [1.807, 2.05) is 18.4 Å². The number of rotatable bonds is 11. The van der Waals surface area contributed by atoms with Gasteiger partial charge >= 0.3 is 5.97 Å². The molecule has 0 saturated carbocycles. The lowest BCUT2D eigenvalue weighted by molar-refractivity contribution is -0.142. The number of carbonyl (C=O) groups excluding carboxylic acids is 1. The van der Waals surface area contributed by atoms with Gasteiger partial charge in [0.2, 0.25) is 5.91 Å². The van der Waals surface area contributed by atoms with Crippen LogP contribution in [0.3, 0.4) is 0 Å². The van der Waals surface area contributed by atoms with E-state index in [1.165, 1.54) is 11.1 Å². The summed E-state index contributed by atoms with van der Waals surface area (Å²) in [5.74, 6) is 0.230. The van der Waals surface area contributed by atoms with Crippen LogP contribution in [-0.2, 0) is 15.0 Å². The average Bonchev–Trinajstić information content (AvgIpc) is 3.20. The predicted molar refractivity (Wildman–Crippen MR) is 141 cm³/mol. The smallest absolute Gasteiger partial charge is 0.326 e. The topological polar surface area (TPSA) is 95.7 Å². The van der Waals surface area contributed by atoms with Crippen molar-refractivity contribution in [2.75, 3.05) is 30.9 Å². The van der Waals surface area contributed by atoms with Crippen molar-refractivity contribution >= 4 is 36.3 Å². The van der Waals surface area contributed by atoms with Gasteiger partial charge in [0.05, 0.1) is 6.04 Å². The molecule has 1 heterocycles. The van der Waals surface area contributed by atoms with E-state index >= 15 is 0 Å². The van der Waals surface area contributed by atoms with Crippen LogP contribution in [0.2, 0.25) is 0 Å². The van der Waals surface area contributed by atoms with Crippen LogP contribution in [0.4, 0.5) is 0 Å². The van der Waals surface area contributed by atoms with Crippen molar-refractivity contribution in [3.05, 3.63) is 47.5 Å². The molecule has 1 aromatic rings. The highest BCUT2D eigenvalue weighted by Gasteiger charge is 2.38. The van der Waals surface area contributed by atoms with Crippen LogP contribution in [0, 0.1) is 0 Å². The maximum Gasteiger partial charge on any atom is 0.326 e. The van der Waals surface area contributed by atoms with Crippen molar-refractivity contribution in [2.45, 2.75) is 63.1 Å². The third kappa shape index (κ3) is 8.35. The summed E-state index contributed by atoms with van der Waals surface area (Å²) >= 11 is 5.78. The minimum atomic E-state index is -0.990.